The van der Waals surface area contributed by atoms with Crippen molar-refractivity contribution in [3.8, 4) is 0 Å². The Morgan fingerprint density at radius 2 is 2.33 bits per heavy atom. The Morgan fingerprint density at radius 3 is 2.86 bits per heavy atom. The van der Waals surface area contributed by atoms with Gasteiger partial charge in [-0.2, -0.15) is 5.10 Å². The van der Waals surface area contributed by atoms with Crippen LogP contribution in [0.15, 0.2) is 28.7 Å². The number of thiophene rings is 1. The van der Waals surface area contributed by atoms with Crippen molar-refractivity contribution in [2.24, 2.45) is 0 Å². The monoisotopic (exact) mass is 331 g/mol. The predicted molar refractivity (Wildman–Crippen MR) is 77.4 cm³/mol. The number of nitrogen functional groups attached to an aromatic ring is 1. The van der Waals surface area contributed by atoms with Gasteiger partial charge in [0, 0.05) is 24.5 Å². The molecule has 2 rings (SSSR count). The molecule has 0 bridgehead atoms. The van der Waals surface area contributed by atoms with Gasteiger partial charge < -0.3 is 5.73 Å². The molecule has 2 heterocycles. The van der Waals surface area contributed by atoms with Crippen molar-refractivity contribution in [3.05, 3.63) is 34.6 Å². The first-order valence-corrected chi connectivity index (χ1v) is 8.13. The summed E-state index contributed by atoms with van der Waals surface area (Å²) in [6.07, 6.45) is 3.29. The number of nitrogens with zero attached hydrogens (tertiary/aromatic N) is 3. The number of anilines is 1. The minimum Gasteiger partial charge on any atom is -0.385 e. The second kappa shape index (κ2) is 5.79. The highest BCUT2D eigenvalue weighted by Gasteiger charge is 2.26. The molecule has 3 N–H and O–H groups in total. The summed E-state index contributed by atoms with van der Waals surface area (Å²) in [4.78, 5) is 9.99. The summed E-state index contributed by atoms with van der Waals surface area (Å²) in [6, 6.07) is 2.25. The smallest absolute Gasteiger partial charge is 0.304 e. The lowest BCUT2D eigenvalue weighted by Crippen LogP contribution is -2.35. The van der Waals surface area contributed by atoms with Gasteiger partial charge in [0.25, 0.3) is 10.0 Å². The molecule has 114 valence electrons. The summed E-state index contributed by atoms with van der Waals surface area (Å²) in [5, 5.41) is 14.5. The average molecular weight is 331 g/mol. The van der Waals surface area contributed by atoms with E-state index in [0.717, 1.165) is 6.07 Å². The van der Waals surface area contributed by atoms with Crippen LogP contribution in [0.4, 0.5) is 10.7 Å². The number of aromatic nitrogens is 2. The van der Waals surface area contributed by atoms with Gasteiger partial charge in [0.05, 0.1) is 11.5 Å². The molecular weight excluding hydrogens is 318 g/mol. The van der Waals surface area contributed by atoms with Gasteiger partial charge in [-0.3, -0.25) is 14.8 Å². The molecule has 0 aromatic carbocycles. The Hall–Kier alpha value is -1.98. The summed E-state index contributed by atoms with van der Waals surface area (Å²) in [7, 11) is -3.85. The molecule has 9 nitrogen and oxygen atoms in total. The Kier molecular flexibility index (Phi) is 4.25. The van der Waals surface area contributed by atoms with Crippen molar-refractivity contribution in [2.75, 3.05) is 5.73 Å². The molecule has 0 radical (unpaired) electrons. The predicted octanol–water partition coefficient (Wildman–Crippen LogP) is 0.802. The van der Waals surface area contributed by atoms with Crippen LogP contribution in [0.25, 0.3) is 0 Å². The number of nitrogens with two attached hydrogens (primary N) is 1. The number of sulfonamides is 1. The van der Waals surface area contributed by atoms with E-state index in [9.17, 15) is 18.5 Å². The molecule has 0 aliphatic heterocycles. The molecule has 2 aromatic rings. The van der Waals surface area contributed by atoms with Crippen molar-refractivity contribution >= 4 is 32.0 Å². The lowest BCUT2D eigenvalue weighted by atomic mass is 10.4. The summed E-state index contributed by atoms with van der Waals surface area (Å²) in [5.41, 5.74) is 5.05. The molecule has 0 saturated carbocycles. The summed E-state index contributed by atoms with van der Waals surface area (Å²) in [5.74, 6) is 0. The SMILES string of the molecule is CC(Cn1cccn1)NS(=O)(=O)c1cc([N+](=O)[O-])c(N)s1. The zero-order chi connectivity index (χ0) is 15.6. The Labute approximate surface area is 124 Å². The van der Waals surface area contributed by atoms with Crippen LogP contribution in [0.3, 0.4) is 0 Å². The van der Waals surface area contributed by atoms with E-state index in [1.54, 1.807) is 30.1 Å². The fraction of sp³-hybridized carbons (Fsp3) is 0.300. The van der Waals surface area contributed by atoms with Gasteiger partial charge in [-0.05, 0) is 13.0 Å². The Morgan fingerprint density at radius 1 is 1.62 bits per heavy atom. The van der Waals surface area contributed by atoms with Crippen LogP contribution >= 0.6 is 11.3 Å². The Balaban J connectivity index is 2.14. The number of nitro groups is 1. The summed E-state index contributed by atoms with van der Waals surface area (Å²) >= 11 is 0.663. The number of hydrogen-bond donors (Lipinski definition) is 2. The van der Waals surface area contributed by atoms with Crippen LogP contribution in [0.2, 0.25) is 0 Å². The van der Waals surface area contributed by atoms with Crippen LogP contribution in [0.5, 0.6) is 0 Å². The van der Waals surface area contributed by atoms with Crippen molar-refractivity contribution in [1.29, 1.82) is 0 Å². The quantitative estimate of drug-likeness (QED) is 0.594. The topological polar surface area (TPSA) is 133 Å². The molecule has 1 unspecified atom stereocenters. The third-order valence-corrected chi connectivity index (χ3v) is 5.57. The molecule has 0 spiro atoms. The molecule has 21 heavy (non-hydrogen) atoms. The van der Waals surface area contributed by atoms with Gasteiger partial charge in [0.2, 0.25) is 0 Å². The van der Waals surface area contributed by atoms with Crippen LogP contribution in [0.1, 0.15) is 6.92 Å². The average Bonchev–Trinajstić information content (AvgIpc) is 2.97. The molecule has 0 aliphatic carbocycles. The van der Waals surface area contributed by atoms with Gasteiger partial charge >= 0.3 is 5.69 Å². The Bertz CT molecular complexity index is 738. The minimum atomic E-state index is -3.85. The van der Waals surface area contributed by atoms with E-state index in [1.807, 2.05) is 0 Å². The maximum atomic E-state index is 12.2. The van der Waals surface area contributed by atoms with Crippen LogP contribution < -0.4 is 10.5 Å². The molecule has 0 amide bonds. The van der Waals surface area contributed by atoms with E-state index in [-0.39, 0.29) is 9.21 Å². The maximum absolute atomic E-state index is 12.2. The largest absolute Gasteiger partial charge is 0.385 e. The normalized spacial score (nSPS) is 13.2. The third-order valence-electron chi connectivity index (χ3n) is 2.56. The van der Waals surface area contributed by atoms with E-state index in [2.05, 4.69) is 9.82 Å². The maximum Gasteiger partial charge on any atom is 0.304 e. The molecule has 0 saturated heterocycles. The lowest BCUT2D eigenvalue weighted by molar-refractivity contribution is -0.383. The van der Waals surface area contributed by atoms with Crippen molar-refractivity contribution in [3.63, 3.8) is 0 Å². The fourth-order valence-electron chi connectivity index (χ4n) is 1.70. The number of nitrogens with one attached hydrogen (secondary N) is 1. The van der Waals surface area contributed by atoms with E-state index >= 15 is 0 Å². The van der Waals surface area contributed by atoms with Gasteiger partial charge in [-0.25, -0.2) is 13.1 Å². The summed E-state index contributed by atoms with van der Waals surface area (Å²) in [6.45, 7) is 2.01. The van der Waals surface area contributed by atoms with Gasteiger partial charge in [0.15, 0.2) is 5.00 Å². The van der Waals surface area contributed by atoms with Crippen LogP contribution in [-0.4, -0.2) is 29.2 Å². The van der Waals surface area contributed by atoms with Gasteiger partial charge in [-0.1, -0.05) is 11.3 Å². The third kappa shape index (κ3) is 3.56. The standard InChI is InChI=1S/C10H13N5O4S2/c1-7(6-14-4-2-3-12-14)13-21(18,19)9-5-8(15(16)17)10(11)20-9/h2-5,7,13H,6,11H2,1H3. The van der Waals surface area contributed by atoms with Gasteiger partial charge in [0.1, 0.15) is 4.21 Å². The second-order valence-corrected chi connectivity index (χ2v) is 7.35. The van der Waals surface area contributed by atoms with Gasteiger partial charge in [-0.15, -0.1) is 0 Å². The highest BCUT2D eigenvalue weighted by molar-refractivity contribution is 7.91. The first kappa shape index (κ1) is 15.4. The number of hydrogen-bond acceptors (Lipinski definition) is 7. The van der Waals surface area contributed by atoms with E-state index < -0.39 is 26.7 Å². The zero-order valence-electron chi connectivity index (χ0n) is 11.0. The fourth-order valence-corrected chi connectivity index (χ4v) is 4.16. The second-order valence-electron chi connectivity index (χ2n) is 4.32. The zero-order valence-corrected chi connectivity index (χ0v) is 12.6. The highest BCUT2D eigenvalue weighted by Crippen LogP contribution is 2.34. The minimum absolute atomic E-state index is 0.139. The van der Waals surface area contributed by atoms with E-state index in [0.29, 0.717) is 17.9 Å². The highest BCUT2D eigenvalue weighted by atomic mass is 32.2. The lowest BCUT2D eigenvalue weighted by Gasteiger charge is -2.13. The van der Waals surface area contributed by atoms with Crippen molar-refractivity contribution in [2.45, 2.75) is 23.7 Å². The number of rotatable bonds is 6. The van der Waals surface area contributed by atoms with Crippen molar-refractivity contribution < 1.29 is 13.3 Å². The molecule has 0 fully saturated rings. The van der Waals surface area contributed by atoms with E-state index in [1.165, 1.54) is 0 Å². The first-order valence-electron chi connectivity index (χ1n) is 5.83. The molecular formula is C10H13N5O4S2. The van der Waals surface area contributed by atoms with Crippen LogP contribution in [-0.2, 0) is 16.6 Å². The molecule has 2 aromatic heterocycles. The molecule has 0 aliphatic rings. The summed E-state index contributed by atoms with van der Waals surface area (Å²) < 4.78 is 28.1. The van der Waals surface area contributed by atoms with Crippen molar-refractivity contribution in [1.82, 2.24) is 14.5 Å². The van der Waals surface area contributed by atoms with E-state index in [4.69, 9.17) is 5.73 Å². The molecule has 1 atom stereocenters. The van der Waals surface area contributed by atoms with Crippen LogP contribution in [0, 0.1) is 10.1 Å². The molecule has 11 heteroatoms. The first-order chi connectivity index (χ1) is 9.79.